The molecule has 1 aromatic heterocycles. The molecule has 2 aromatic rings. The highest BCUT2D eigenvalue weighted by Gasteiger charge is 2.09. The van der Waals surface area contributed by atoms with Crippen LogP contribution in [-0.4, -0.2) is 26.4 Å². The standard InChI is InChI=1S/C10H8Cl2N4O/c11-8-2-1-6(4-9(8)12)3-7(17)5-10-13-15-16-14-10/h1-2,4H,3,5H2,(H,13,14,15,16). The molecular weight excluding hydrogens is 263 g/mol. The van der Waals surface area contributed by atoms with Crippen molar-refractivity contribution >= 4 is 29.0 Å². The number of carbonyl (C=O) groups excluding carboxylic acids is 1. The lowest BCUT2D eigenvalue weighted by Crippen LogP contribution is -2.07. The second-order valence-electron chi connectivity index (χ2n) is 3.47. The second-order valence-corrected chi connectivity index (χ2v) is 4.28. The maximum Gasteiger partial charge on any atom is 0.181 e. The molecule has 1 heterocycles. The molecule has 0 aliphatic carbocycles. The van der Waals surface area contributed by atoms with Gasteiger partial charge in [-0.1, -0.05) is 34.5 Å². The Morgan fingerprint density at radius 2 is 2.06 bits per heavy atom. The van der Waals surface area contributed by atoms with Gasteiger partial charge in [-0.3, -0.25) is 4.79 Å². The zero-order valence-corrected chi connectivity index (χ0v) is 10.2. The lowest BCUT2D eigenvalue weighted by atomic mass is 10.1. The Morgan fingerprint density at radius 1 is 1.24 bits per heavy atom. The van der Waals surface area contributed by atoms with Crippen molar-refractivity contribution < 1.29 is 4.79 Å². The molecule has 0 atom stereocenters. The molecule has 88 valence electrons. The number of aromatic amines is 1. The summed E-state index contributed by atoms with van der Waals surface area (Å²) in [6.45, 7) is 0. The molecule has 17 heavy (non-hydrogen) atoms. The Kier molecular flexibility index (Phi) is 3.71. The lowest BCUT2D eigenvalue weighted by Gasteiger charge is -2.01. The summed E-state index contributed by atoms with van der Waals surface area (Å²) in [5.41, 5.74) is 0.813. The van der Waals surface area contributed by atoms with Gasteiger partial charge in [-0.05, 0) is 17.7 Å². The number of nitrogens with zero attached hydrogens (tertiary/aromatic N) is 3. The molecule has 2 rings (SSSR count). The summed E-state index contributed by atoms with van der Waals surface area (Å²) in [5, 5.41) is 14.0. The van der Waals surface area contributed by atoms with Crippen LogP contribution in [0.25, 0.3) is 0 Å². The minimum absolute atomic E-state index is 0.00945. The van der Waals surface area contributed by atoms with Crippen LogP contribution in [0, 0.1) is 0 Å². The largest absolute Gasteiger partial charge is 0.299 e. The van der Waals surface area contributed by atoms with Gasteiger partial charge in [-0.2, -0.15) is 5.21 Å². The van der Waals surface area contributed by atoms with E-state index in [1.807, 2.05) is 0 Å². The minimum Gasteiger partial charge on any atom is -0.299 e. The first-order valence-corrected chi connectivity index (χ1v) is 5.58. The van der Waals surface area contributed by atoms with Crippen molar-refractivity contribution in [1.82, 2.24) is 20.6 Å². The Morgan fingerprint density at radius 3 is 2.71 bits per heavy atom. The van der Waals surface area contributed by atoms with Crippen LogP contribution in [0.15, 0.2) is 18.2 Å². The molecule has 0 saturated heterocycles. The average Bonchev–Trinajstić information content (AvgIpc) is 2.76. The van der Waals surface area contributed by atoms with Gasteiger partial charge in [0.05, 0.1) is 16.5 Å². The fraction of sp³-hybridized carbons (Fsp3) is 0.200. The van der Waals surface area contributed by atoms with E-state index >= 15 is 0 Å². The Balaban J connectivity index is 2.00. The van der Waals surface area contributed by atoms with E-state index in [9.17, 15) is 4.79 Å². The van der Waals surface area contributed by atoms with Gasteiger partial charge < -0.3 is 0 Å². The van der Waals surface area contributed by atoms with Gasteiger partial charge in [0, 0.05) is 6.42 Å². The molecule has 0 aliphatic heterocycles. The van der Waals surface area contributed by atoms with Crippen LogP contribution in [0.2, 0.25) is 10.0 Å². The first-order chi connectivity index (χ1) is 8.15. The first-order valence-electron chi connectivity index (χ1n) is 4.83. The summed E-state index contributed by atoms with van der Waals surface area (Å²) in [5.74, 6) is 0.375. The maximum absolute atomic E-state index is 11.7. The molecule has 0 fully saturated rings. The average molecular weight is 271 g/mol. The Labute approximate surface area is 107 Å². The van der Waals surface area contributed by atoms with Crippen molar-refractivity contribution in [3.63, 3.8) is 0 Å². The maximum atomic E-state index is 11.7. The van der Waals surface area contributed by atoms with Crippen LogP contribution in [0.5, 0.6) is 0 Å². The Bertz CT molecular complexity index is 527. The fourth-order valence-electron chi connectivity index (χ4n) is 1.37. The number of tetrazole rings is 1. The third-order valence-electron chi connectivity index (χ3n) is 2.13. The van der Waals surface area contributed by atoms with Crippen molar-refractivity contribution in [3.05, 3.63) is 39.6 Å². The Hall–Kier alpha value is -1.46. The molecule has 0 spiro atoms. The molecule has 0 saturated carbocycles. The summed E-state index contributed by atoms with van der Waals surface area (Å²) in [6.07, 6.45) is 0.419. The number of ketones is 1. The predicted molar refractivity (Wildman–Crippen MR) is 63.1 cm³/mol. The van der Waals surface area contributed by atoms with E-state index < -0.39 is 0 Å². The highest BCUT2D eigenvalue weighted by molar-refractivity contribution is 6.42. The summed E-state index contributed by atoms with van der Waals surface area (Å²) >= 11 is 11.6. The molecule has 7 heteroatoms. The van der Waals surface area contributed by atoms with Gasteiger partial charge in [0.1, 0.15) is 5.78 Å². The third-order valence-corrected chi connectivity index (χ3v) is 2.87. The predicted octanol–water partition coefficient (Wildman–Crippen LogP) is 1.86. The number of hydrogen-bond acceptors (Lipinski definition) is 4. The van der Waals surface area contributed by atoms with E-state index in [4.69, 9.17) is 23.2 Å². The summed E-state index contributed by atoms with van der Waals surface area (Å²) in [6, 6.07) is 5.11. The SMILES string of the molecule is O=C(Cc1ccc(Cl)c(Cl)c1)Cc1nn[nH]n1. The molecule has 1 aromatic carbocycles. The number of halogens is 2. The molecule has 0 bridgehead atoms. The first kappa shape index (κ1) is 12.0. The van der Waals surface area contributed by atoms with Gasteiger partial charge in [-0.15, -0.1) is 10.2 Å². The van der Waals surface area contributed by atoms with Crippen LogP contribution < -0.4 is 0 Å². The topological polar surface area (TPSA) is 71.5 Å². The highest BCUT2D eigenvalue weighted by atomic mass is 35.5. The summed E-state index contributed by atoms with van der Waals surface area (Å²) in [7, 11) is 0. The van der Waals surface area contributed by atoms with Crippen molar-refractivity contribution in [2.24, 2.45) is 0 Å². The molecule has 0 amide bonds. The van der Waals surface area contributed by atoms with Crippen LogP contribution in [0.3, 0.4) is 0 Å². The van der Waals surface area contributed by atoms with Gasteiger partial charge in [0.25, 0.3) is 0 Å². The quantitative estimate of drug-likeness (QED) is 0.921. The zero-order valence-electron chi connectivity index (χ0n) is 8.65. The van der Waals surface area contributed by atoms with Crippen molar-refractivity contribution in [1.29, 1.82) is 0 Å². The van der Waals surface area contributed by atoms with Gasteiger partial charge >= 0.3 is 0 Å². The number of carbonyl (C=O) groups is 1. The van der Waals surface area contributed by atoms with Crippen LogP contribution in [0.4, 0.5) is 0 Å². The number of nitrogens with one attached hydrogen (secondary N) is 1. The smallest absolute Gasteiger partial charge is 0.181 e. The van der Waals surface area contributed by atoms with Gasteiger partial charge in [0.2, 0.25) is 0 Å². The van der Waals surface area contributed by atoms with E-state index in [2.05, 4.69) is 20.6 Å². The highest BCUT2D eigenvalue weighted by Crippen LogP contribution is 2.22. The number of H-pyrrole nitrogens is 1. The monoisotopic (exact) mass is 270 g/mol. The van der Waals surface area contributed by atoms with Crippen LogP contribution in [0.1, 0.15) is 11.4 Å². The van der Waals surface area contributed by atoms with E-state index in [0.29, 0.717) is 15.9 Å². The van der Waals surface area contributed by atoms with E-state index in [0.717, 1.165) is 5.56 Å². The number of benzene rings is 1. The van der Waals surface area contributed by atoms with Crippen LogP contribution in [-0.2, 0) is 17.6 Å². The summed E-state index contributed by atoms with van der Waals surface area (Å²) < 4.78 is 0. The number of aromatic nitrogens is 4. The summed E-state index contributed by atoms with van der Waals surface area (Å²) in [4.78, 5) is 11.7. The van der Waals surface area contributed by atoms with Crippen molar-refractivity contribution in [2.45, 2.75) is 12.8 Å². The van der Waals surface area contributed by atoms with E-state index in [1.165, 1.54) is 0 Å². The van der Waals surface area contributed by atoms with Gasteiger partial charge in [-0.25, -0.2) is 0 Å². The normalized spacial score (nSPS) is 10.5. The number of rotatable bonds is 4. The molecule has 0 aliphatic rings. The number of hydrogen-bond donors (Lipinski definition) is 1. The van der Waals surface area contributed by atoms with Crippen LogP contribution >= 0.6 is 23.2 Å². The van der Waals surface area contributed by atoms with E-state index in [1.54, 1.807) is 18.2 Å². The number of Topliss-reactive ketones (excluding diaryl/α,β-unsaturated/α-hetero) is 1. The fourth-order valence-corrected chi connectivity index (χ4v) is 1.69. The minimum atomic E-state index is -0.00945. The van der Waals surface area contributed by atoms with Crippen molar-refractivity contribution in [3.8, 4) is 0 Å². The third kappa shape index (κ3) is 3.25. The molecule has 0 radical (unpaired) electrons. The molecule has 0 unspecified atom stereocenters. The lowest BCUT2D eigenvalue weighted by molar-refractivity contribution is -0.117. The molecule has 1 N–H and O–H groups in total. The molecule has 5 nitrogen and oxygen atoms in total. The second kappa shape index (κ2) is 5.25. The van der Waals surface area contributed by atoms with Crippen molar-refractivity contribution in [2.75, 3.05) is 0 Å². The van der Waals surface area contributed by atoms with Gasteiger partial charge in [0.15, 0.2) is 5.82 Å². The molecular formula is C10H8Cl2N4O. The zero-order chi connectivity index (χ0) is 12.3. The van der Waals surface area contributed by atoms with E-state index in [-0.39, 0.29) is 18.6 Å².